The number of nitrogens with one attached hydrogen (secondary N) is 1. The molecule has 0 fully saturated rings. The Morgan fingerprint density at radius 1 is 1.34 bits per heavy atom. The highest BCUT2D eigenvalue weighted by molar-refractivity contribution is 7.13. The molecule has 1 heterocycles. The van der Waals surface area contributed by atoms with Gasteiger partial charge in [-0.3, -0.25) is 4.79 Å². The van der Waals surface area contributed by atoms with Crippen LogP contribution in [0.4, 0.5) is 10.8 Å². The number of carbonyl (C=O) groups is 1. The summed E-state index contributed by atoms with van der Waals surface area (Å²) >= 11 is 0.570. The van der Waals surface area contributed by atoms with Gasteiger partial charge in [-0.2, -0.15) is 0 Å². The Morgan fingerprint density at radius 3 is 2.86 bits per heavy atom. The third-order valence-electron chi connectivity index (χ3n) is 3.21. The van der Waals surface area contributed by atoms with Crippen LogP contribution in [0.3, 0.4) is 0 Å². The van der Waals surface area contributed by atoms with Crippen LogP contribution < -0.4 is 11.1 Å². The average molecular weight is 427 g/mol. The molecule has 0 aliphatic heterocycles. The number of hydrogen-bond donors (Lipinski definition) is 3. The predicted molar refractivity (Wildman–Crippen MR) is 119 cm³/mol. The van der Waals surface area contributed by atoms with E-state index < -0.39 is 120 Å². The molecule has 0 radical (unpaired) electrons. The second-order valence-electron chi connectivity index (χ2n) is 5.46. The Labute approximate surface area is 199 Å². The van der Waals surface area contributed by atoms with E-state index in [0.29, 0.717) is 11.3 Å². The summed E-state index contributed by atoms with van der Waals surface area (Å²) in [5, 5.41) is 12.0. The highest BCUT2D eigenvalue weighted by atomic mass is 32.1. The lowest BCUT2D eigenvalue weighted by Gasteiger charge is -2.11. The van der Waals surface area contributed by atoms with Crippen molar-refractivity contribution >= 4 is 28.1 Å². The summed E-state index contributed by atoms with van der Waals surface area (Å²) in [7, 11) is 0. The van der Waals surface area contributed by atoms with Crippen molar-refractivity contribution in [2.75, 3.05) is 11.1 Å². The van der Waals surface area contributed by atoms with E-state index in [1.807, 2.05) is 5.32 Å². The van der Waals surface area contributed by atoms with Gasteiger partial charge >= 0.3 is 0 Å². The number of benzene rings is 2. The van der Waals surface area contributed by atoms with E-state index in [4.69, 9.17) is 29.0 Å². The van der Waals surface area contributed by atoms with Gasteiger partial charge in [0.15, 0.2) is 5.13 Å². The largest absolute Gasteiger partial charge is 0.388 e. The number of nitrogens with two attached hydrogens (primary N) is 1. The van der Waals surface area contributed by atoms with Crippen molar-refractivity contribution in [1.29, 1.82) is 0 Å². The van der Waals surface area contributed by atoms with Crippen molar-refractivity contribution in [2.45, 2.75) is 44.9 Å². The molecule has 0 aliphatic carbocycles. The molecule has 2 aromatic carbocycles. The molecule has 0 spiro atoms. The molecular formula is C23H27N3O2S. The molecule has 5 nitrogen and oxygen atoms in total. The molecule has 0 saturated carbocycles. The van der Waals surface area contributed by atoms with Crippen molar-refractivity contribution in [1.82, 2.24) is 4.98 Å². The normalized spacial score (nSPS) is 22.3. The maximum Gasteiger partial charge on any atom is 0.230 e. The summed E-state index contributed by atoms with van der Waals surface area (Å²) in [6, 6.07) is -7.37. The quantitative estimate of drug-likeness (QED) is 0.464. The van der Waals surface area contributed by atoms with Gasteiger partial charge in [0.25, 0.3) is 0 Å². The van der Waals surface area contributed by atoms with Gasteiger partial charge < -0.3 is 16.2 Å². The minimum atomic E-state index is -3.52. The molecule has 152 valence electrons. The SMILES string of the molecule is [2H]c1sc(N)nc1C([2H])([2H])C(=O)Nc1c([2H])c([2H])c(C([2H])([2H])C([2H])([2H])CC([2H])([2H])[C@H](O)c2c([2H])c([2H])c([2H])c(C)c2[2H])c([2H])c1[2H]. The van der Waals surface area contributed by atoms with Crippen LogP contribution in [-0.4, -0.2) is 16.0 Å². The summed E-state index contributed by atoms with van der Waals surface area (Å²) in [6.45, 7) is 1.23. The fourth-order valence-electron chi connectivity index (χ4n) is 1.98. The van der Waals surface area contributed by atoms with Gasteiger partial charge in [0.2, 0.25) is 5.91 Å². The van der Waals surface area contributed by atoms with E-state index in [2.05, 4.69) is 4.98 Å². The molecule has 29 heavy (non-hydrogen) atoms. The van der Waals surface area contributed by atoms with Crippen LogP contribution in [0.25, 0.3) is 0 Å². The number of nitrogens with zero attached hydrogens (tertiary/aromatic N) is 1. The number of aliphatic hydroxyl groups is 1. The van der Waals surface area contributed by atoms with E-state index in [9.17, 15) is 9.90 Å². The second kappa shape index (κ2) is 10.2. The molecule has 1 aromatic heterocycles. The van der Waals surface area contributed by atoms with E-state index in [1.54, 1.807) is 0 Å². The summed E-state index contributed by atoms with van der Waals surface area (Å²) in [6.07, 6.45) is -17.1. The first-order valence-electron chi connectivity index (χ1n) is 16.6. The Morgan fingerprint density at radius 2 is 2.14 bits per heavy atom. The van der Waals surface area contributed by atoms with Gasteiger partial charge in [-0.15, -0.1) is 11.3 Å². The lowest BCUT2D eigenvalue weighted by atomic mass is 10.00. The first-order valence-corrected chi connectivity index (χ1v) is 8.96. The Balaban J connectivity index is 2.05. The van der Waals surface area contributed by atoms with Crippen molar-refractivity contribution in [3.63, 3.8) is 0 Å². The third kappa shape index (κ3) is 6.69. The van der Waals surface area contributed by atoms with Crippen molar-refractivity contribution in [3.05, 3.63) is 76.1 Å². The van der Waals surface area contributed by atoms with Crippen LogP contribution in [0.5, 0.6) is 0 Å². The molecule has 0 unspecified atom stereocenters. The van der Waals surface area contributed by atoms with Gasteiger partial charge in [0, 0.05) is 22.0 Å². The van der Waals surface area contributed by atoms with Crippen molar-refractivity contribution in [3.8, 4) is 0 Å². The number of aromatic nitrogens is 1. The third-order valence-corrected chi connectivity index (χ3v) is 3.81. The molecule has 0 saturated heterocycles. The number of rotatable bonds is 9. The summed E-state index contributed by atoms with van der Waals surface area (Å²) in [5.41, 5.74) is 1.79. The maximum atomic E-state index is 12.8. The average Bonchev–Trinajstić information content (AvgIpc) is 3.29. The summed E-state index contributed by atoms with van der Waals surface area (Å²) in [5.74, 6) is -1.56. The zero-order valence-electron chi connectivity index (χ0n) is 32.1. The van der Waals surface area contributed by atoms with Crippen LogP contribution in [0, 0.1) is 6.92 Å². The van der Waals surface area contributed by atoms with Crippen LogP contribution in [0.15, 0.2) is 53.7 Å². The maximum absolute atomic E-state index is 12.8. The fourth-order valence-corrected chi connectivity index (χ4v) is 2.41. The van der Waals surface area contributed by atoms with Gasteiger partial charge in [0.1, 0.15) is 0 Å². The topological polar surface area (TPSA) is 88.2 Å². The van der Waals surface area contributed by atoms with Crippen LogP contribution in [0.2, 0.25) is 0 Å². The molecule has 1 atom stereocenters. The van der Waals surface area contributed by atoms with E-state index in [-0.39, 0.29) is 10.7 Å². The smallest absolute Gasteiger partial charge is 0.230 e. The number of aliphatic hydroxyl groups excluding tert-OH is 1. The lowest BCUT2D eigenvalue weighted by Crippen LogP contribution is -2.14. The van der Waals surface area contributed by atoms with Crippen LogP contribution in [-0.2, 0) is 17.5 Å². The number of thiazole rings is 1. The minimum Gasteiger partial charge on any atom is -0.388 e. The molecule has 3 aromatic rings. The van der Waals surface area contributed by atoms with Crippen molar-refractivity contribution in [2.24, 2.45) is 0 Å². The molecule has 0 aliphatic rings. The second-order valence-corrected chi connectivity index (χ2v) is 6.28. The zero-order chi connectivity index (χ0) is 35.6. The number of carbonyl (C=O) groups excluding carboxylic acids is 1. The first kappa shape index (κ1) is 8.20. The van der Waals surface area contributed by atoms with E-state index in [1.165, 1.54) is 6.92 Å². The van der Waals surface area contributed by atoms with Gasteiger partial charge in [0.05, 0.1) is 30.5 Å². The Bertz CT molecular complexity index is 1670. The molecular weight excluding hydrogens is 382 g/mol. The monoisotopic (exact) mass is 426 g/mol. The van der Waals surface area contributed by atoms with E-state index in [0.717, 1.165) is 0 Å². The minimum absolute atomic E-state index is 0.163. The van der Waals surface area contributed by atoms with Crippen LogP contribution >= 0.6 is 11.3 Å². The Hall–Kier alpha value is -2.70. The molecule has 1 amide bonds. The number of hydrogen-bond acceptors (Lipinski definition) is 5. The molecule has 3 rings (SSSR count). The number of amides is 1. The van der Waals surface area contributed by atoms with E-state index >= 15 is 0 Å². The van der Waals surface area contributed by atoms with Gasteiger partial charge in [-0.1, -0.05) is 48.2 Å². The Kier molecular flexibility index (Phi) is 2.88. The molecule has 4 N–H and O–H groups in total. The summed E-state index contributed by atoms with van der Waals surface area (Å²) < 4.78 is 140. The first-order chi connectivity index (χ1) is 20.7. The lowest BCUT2D eigenvalue weighted by molar-refractivity contribution is -0.115. The highest BCUT2D eigenvalue weighted by Crippen LogP contribution is 2.21. The van der Waals surface area contributed by atoms with Gasteiger partial charge in [-0.25, -0.2) is 4.98 Å². The molecule has 0 bridgehead atoms. The standard InChI is InChI=1S/C23H27N3O2S/c1-16-5-4-7-18(13-16)21(27)8-3-2-6-17-9-11-19(12-10-17)25-22(28)14-20-15-29-23(24)26-20/h4-5,7,9-13,15,21,27H,2-3,6,8,14H2,1H3,(H2,24,26)(H,25,28)/t21-/m0/s1/i2D2,4D,5D,6D2,7D,8D2,9D,10D,11D,12D,13D,14D2,15D. The van der Waals surface area contributed by atoms with Crippen LogP contribution in [0.1, 0.15) is 71.0 Å². The number of nitrogen functional groups attached to an aromatic ring is 1. The zero-order valence-corrected chi connectivity index (χ0v) is 15.9. The van der Waals surface area contributed by atoms with Gasteiger partial charge in [-0.05, 0) is 49.3 Å². The summed E-state index contributed by atoms with van der Waals surface area (Å²) in [4.78, 5) is 16.4. The fraction of sp³-hybridized carbons (Fsp3) is 0.304. The molecule has 6 heteroatoms. The van der Waals surface area contributed by atoms with Crippen molar-refractivity contribution < 1.29 is 33.2 Å². The predicted octanol–water partition coefficient (Wildman–Crippen LogP) is 4.66. The number of anilines is 2. The highest BCUT2D eigenvalue weighted by Gasteiger charge is 2.08.